The predicted octanol–water partition coefficient (Wildman–Crippen LogP) is 3.39. The molecular formula is C21H24F3N3O3. The lowest BCUT2D eigenvalue weighted by Gasteiger charge is -2.35. The first-order valence-corrected chi connectivity index (χ1v) is 9.70. The van der Waals surface area contributed by atoms with Crippen molar-refractivity contribution in [3.8, 4) is 0 Å². The van der Waals surface area contributed by atoms with Crippen LogP contribution in [0.2, 0.25) is 0 Å². The molecule has 0 aliphatic carbocycles. The Kier molecular flexibility index (Phi) is 7.28. The topological polar surface area (TPSA) is 72.5 Å². The van der Waals surface area contributed by atoms with E-state index in [1.165, 1.54) is 6.07 Å². The number of benzene rings is 1. The number of aromatic nitrogens is 1. The summed E-state index contributed by atoms with van der Waals surface area (Å²) in [5, 5.41) is 5.74. The summed E-state index contributed by atoms with van der Waals surface area (Å²) >= 11 is 0. The Bertz CT molecular complexity index is 808. The minimum absolute atomic E-state index is 0.219. The van der Waals surface area contributed by atoms with Crippen molar-refractivity contribution in [1.29, 1.82) is 0 Å². The van der Waals surface area contributed by atoms with Crippen LogP contribution in [-0.2, 0) is 27.1 Å². The molecule has 0 saturated carbocycles. The summed E-state index contributed by atoms with van der Waals surface area (Å²) in [7, 11) is 0. The molecule has 6 nitrogen and oxygen atoms in total. The number of ether oxygens (including phenoxy) is 2. The van der Waals surface area contributed by atoms with Crippen LogP contribution in [-0.4, -0.2) is 42.8 Å². The number of carbonyl (C=O) groups excluding carboxylic acids is 1. The van der Waals surface area contributed by atoms with Gasteiger partial charge < -0.3 is 20.1 Å². The van der Waals surface area contributed by atoms with Crippen LogP contribution in [0.1, 0.15) is 24.0 Å². The number of rotatable bonds is 8. The highest BCUT2D eigenvalue weighted by Gasteiger charge is 2.41. The number of alkyl halides is 3. The lowest BCUT2D eigenvalue weighted by Crippen LogP contribution is -2.52. The molecule has 2 aromatic rings. The van der Waals surface area contributed by atoms with Gasteiger partial charge in [-0.1, -0.05) is 30.3 Å². The van der Waals surface area contributed by atoms with Crippen LogP contribution in [0, 0.1) is 0 Å². The molecule has 0 unspecified atom stereocenters. The number of halogens is 3. The van der Waals surface area contributed by atoms with Crippen LogP contribution in [0.25, 0.3) is 0 Å². The minimum Gasteiger partial charge on any atom is -0.381 e. The van der Waals surface area contributed by atoms with Gasteiger partial charge in [-0.15, -0.1) is 0 Å². The molecule has 0 spiro atoms. The van der Waals surface area contributed by atoms with Crippen molar-refractivity contribution in [3.63, 3.8) is 0 Å². The van der Waals surface area contributed by atoms with E-state index >= 15 is 0 Å². The van der Waals surface area contributed by atoms with E-state index in [9.17, 15) is 18.0 Å². The van der Waals surface area contributed by atoms with Gasteiger partial charge in [0.05, 0.1) is 12.2 Å². The summed E-state index contributed by atoms with van der Waals surface area (Å²) in [5.41, 5.74) is -0.787. The van der Waals surface area contributed by atoms with Gasteiger partial charge in [-0.25, -0.2) is 4.98 Å². The molecule has 30 heavy (non-hydrogen) atoms. The highest BCUT2D eigenvalue weighted by Crippen LogP contribution is 2.29. The van der Waals surface area contributed by atoms with Crippen LogP contribution < -0.4 is 10.6 Å². The average molecular weight is 423 g/mol. The monoisotopic (exact) mass is 423 g/mol. The first-order chi connectivity index (χ1) is 14.4. The van der Waals surface area contributed by atoms with Gasteiger partial charge in [0, 0.05) is 45.3 Å². The summed E-state index contributed by atoms with van der Waals surface area (Å²) in [6.45, 7) is 1.79. The molecular weight excluding hydrogens is 399 g/mol. The van der Waals surface area contributed by atoms with E-state index in [1.54, 1.807) is 0 Å². The fourth-order valence-corrected chi connectivity index (χ4v) is 3.13. The van der Waals surface area contributed by atoms with Crippen LogP contribution in [0.15, 0.2) is 48.7 Å². The van der Waals surface area contributed by atoms with Crippen LogP contribution >= 0.6 is 0 Å². The lowest BCUT2D eigenvalue weighted by atomic mass is 9.92. The van der Waals surface area contributed by atoms with Gasteiger partial charge in [0.25, 0.3) is 5.91 Å². The number of amides is 1. The zero-order valence-corrected chi connectivity index (χ0v) is 16.4. The van der Waals surface area contributed by atoms with Gasteiger partial charge in [0.15, 0.2) is 5.60 Å². The van der Waals surface area contributed by atoms with E-state index in [2.05, 4.69) is 15.6 Å². The number of anilines is 1. The Balaban J connectivity index is 1.49. The van der Waals surface area contributed by atoms with Gasteiger partial charge in [-0.2, -0.15) is 13.2 Å². The number of nitrogens with one attached hydrogen (secondary N) is 2. The number of hydrogen-bond acceptors (Lipinski definition) is 5. The summed E-state index contributed by atoms with van der Waals surface area (Å²) in [6.07, 6.45) is -2.73. The molecule has 0 atom stereocenters. The maximum absolute atomic E-state index is 12.8. The van der Waals surface area contributed by atoms with E-state index < -0.39 is 17.3 Å². The molecule has 1 fully saturated rings. The van der Waals surface area contributed by atoms with Crippen molar-refractivity contribution < 1.29 is 27.4 Å². The molecule has 3 rings (SSSR count). The molecule has 9 heteroatoms. The molecule has 1 aromatic carbocycles. The van der Waals surface area contributed by atoms with Crippen molar-refractivity contribution in [1.82, 2.24) is 10.3 Å². The van der Waals surface area contributed by atoms with E-state index in [-0.39, 0.29) is 12.5 Å². The van der Waals surface area contributed by atoms with E-state index in [4.69, 9.17) is 9.47 Å². The third-order valence-electron chi connectivity index (χ3n) is 4.88. The molecule has 2 heterocycles. The average Bonchev–Trinajstić information content (AvgIpc) is 2.76. The van der Waals surface area contributed by atoms with Crippen LogP contribution in [0.3, 0.4) is 0 Å². The largest absolute Gasteiger partial charge is 0.417 e. The second kappa shape index (κ2) is 9.90. The molecule has 0 radical (unpaired) electrons. The Morgan fingerprint density at radius 2 is 1.83 bits per heavy atom. The first kappa shape index (κ1) is 22.0. The van der Waals surface area contributed by atoms with Gasteiger partial charge >= 0.3 is 6.18 Å². The second-order valence-electron chi connectivity index (χ2n) is 6.99. The van der Waals surface area contributed by atoms with Gasteiger partial charge in [-0.05, 0) is 17.7 Å². The normalized spacial score (nSPS) is 16.1. The Morgan fingerprint density at radius 3 is 2.47 bits per heavy atom. The predicted molar refractivity (Wildman–Crippen MR) is 105 cm³/mol. The zero-order chi connectivity index (χ0) is 21.5. The fraction of sp³-hybridized carbons (Fsp3) is 0.429. The summed E-state index contributed by atoms with van der Waals surface area (Å²) in [6, 6.07) is 11.8. The number of hydrogen-bond donors (Lipinski definition) is 2. The van der Waals surface area contributed by atoms with E-state index in [1.807, 2.05) is 30.3 Å². The fourth-order valence-electron chi connectivity index (χ4n) is 3.13. The standard InChI is InChI=1S/C21H24F3N3O3/c22-21(23,24)17-6-7-18(27-14-17)25-10-11-26-19(28)20(8-12-29-13-9-20)30-15-16-4-2-1-3-5-16/h1-7,14H,8-13,15H2,(H,25,27)(H,26,28). The second-order valence-corrected chi connectivity index (χ2v) is 6.99. The third kappa shape index (κ3) is 5.93. The third-order valence-corrected chi connectivity index (χ3v) is 4.88. The minimum atomic E-state index is -4.42. The maximum Gasteiger partial charge on any atom is 0.417 e. The smallest absolute Gasteiger partial charge is 0.381 e. The Hall–Kier alpha value is -2.65. The van der Waals surface area contributed by atoms with Crippen molar-refractivity contribution in [2.75, 3.05) is 31.6 Å². The van der Waals surface area contributed by atoms with Gasteiger partial charge in [0.2, 0.25) is 0 Å². The van der Waals surface area contributed by atoms with Crippen LogP contribution in [0.5, 0.6) is 0 Å². The van der Waals surface area contributed by atoms with Gasteiger partial charge in [-0.3, -0.25) is 4.79 Å². The van der Waals surface area contributed by atoms with E-state index in [0.29, 0.717) is 45.0 Å². The maximum atomic E-state index is 12.8. The Labute approximate surface area is 172 Å². The van der Waals surface area contributed by atoms with Crippen molar-refractivity contribution in [2.24, 2.45) is 0 Å². The highest BCUT2D eigenvalue weighted by molar-refractivity contribution is 5.85. The van der Waals surface area contributed by atoms with Crippen LogP contribution in [0.4, 0.5) is 19.0 Å². The van der Waals surface area contributed by atoms with Crippen molar-refractivity contribution >= 4 is 11.7 Å². The van der Waals surface area contributed by atoms with Gasteiger partial charge in [0.1, 0.15) is 5.82 Å². The number of carbonyl (C=O) groups is 1. The summed E-state index contributed by atoms with van der Waals surface area (Å²) in [5.74, 6) is 0.0854. The highest BCUT2D eigenvalue weighted by atomic mass is 19.4. The number of pyridine rings is 1. The number of nitrogens with zero attached hydrogens (tertiary/aromatic N) is 1. The zero-order valence-electron chi connectivity index (χ0n) is 16.4. The Morgan fingerprint density at radius 1 is 1.10 bits per heavy atom. The first-order valence-electron chi connectivity index (χ1n) is 9.70. The molecule has 0 bridgehead atoms. The van der Waals surface area contributed by atoms with Crippen molar-refractivity contribution in [3.05, 3.63) is 59.8 Å². The molecule has 2 N–H and O–H groups in total. The quantitative estimate of drug-likeness (QED) is 0.637. The summed E-state index contributed by atoms with van der Waals surface area (Å²) < 4.78 is 49.1. The summed E-state index contributed by atoms with van der Waals surface area (Å²) in [4.78, 5) is 16.6. The SMILES string of the molecule is O=C(NCCNc1ccc(C(F)(F)F)cn1)C1(OCc2ccccc2)CCOCC1. The lowest BCUT2D eigenvalue weighted by molar-refractivity contribution is -0.163. The van der Waals surface area contributed by atoms with Crippen molar-refractivity contribution in [2.45, 2.75) is 31.2 Å². The molecule has 1 aliphatic rings. The molecule has 162 valence electrons. The molecule has 1 aliphatic heterocycles. The molecule has 1 amide bonds. The molecule has 1 saturated heterocycles. The molecule has 1 aromatic heterocycles. The van der Waals surface area contributed by atoms with E-state index in [0.717, 1.165) is 17.8 Å².